The summed E-state index contributed by atoms with van der Waals surface area (Å²) in [6.07, 6.45) is 5.47. The summed E-state index contributed by atoms with van der Waals surface area (Å²) in [7, 11) is 2.15. The Balaban J connectivity index is 1.81. The molecule has 0 bridgehead atoms. The number of carbonyl (C=O) groups excluding carboxylic acids is 1. The summed E-state index contributed by atoms with van der Waals surface area (Å²) in [4.78, 5) is 14.6. The SMILES string of the molecule is CN1CCCC(CNC(=O)C2(C)CCCC2N)C1. The van der Waals surface area contributed by atoms with Crippen LogP contribution in [0.2, 0.25) is 0 Å². The lowest BCUT2D eigenvalue weighted by molar-refractivity contribution is -0.130. The van der Waals surface area contributed by atoms with Crippen LogP contribution in [0.1, 0.15) is 39.0 Å². The van der Waals surface area contributed by atoms with E-state index in [0.717, 1.165) is 32.4 Å². The van der Waals surface area contributed by atoms with Gasteiger partial charge < -0.3 is 16.0 Å². The molecule has 104 valence electrons. The third kappa shape index (κ3) is 2.86. The van der Waals surface area contributed by atoms with Crippen molar-refractivity contribution >= 4 is 5.91 Å². The Morgan fingerprint density at radius 2 is 2.22 bits per heavy atom. The number of amides is 1. The highest BCUT2D eigenvalue weighted by atomic mass is 16.2. The molecule has 4 nitrogen and oxygen atoms in total. The molecule has 0 aromatic carbocycles. The van der Waals surface area contributed by atoms with Gasteiger partial charge in [0, 0.05) is 19.1 Å². The Bertz CT molecular complexity index is 307. The second kappa shape index (κ2) is 5.57. The minimum Gasteiger partial charge on any atom is -0.355 e. The van der Waals surface area contributed by atoms with Crippen molar-refractivity contribution in [2.24, 2.45) is 17.1 Å². The van der Waals surface area contributed by atoms with Gasteiger partial charge in [-0.05, 0) is 52.1 Å². The van der Waals surface area contributed by atoms with Crippen molar-refractivity contribution in [2.45, 2.75) is 45.1 Å². The molecule has 1 saturated carbocycles. The van der Waals surface area contributed by atoms with Crippen molar-refractivity contribution in [3.05, 3.63) is 0 Å². The first-order valence-corrected chi connectivity index (χ1v) is 7.25. The summed E-state index contributed by atoms with van der Waals surface area (Å²) in [5, 5.41) is 3.14. The highest BCUT2D eigenvalue weighted by molar-refractivity contribution is 5.83. The van der Waals surface area contributed by atoms with Gasteiger partial charge in [-0.1, -0.05) is 6.42 Å². The van der Waals surface area contributed by atoms with Gasteiger partial charge in [-0.3, -0.25) is 4.79 Å². The monoisotopic (exact) mass is 253 g/mol. The average Bonchev–Trinajstić information content (AvgIpc) is 2.68. The third-order valence-corrected chi connectivity index (χ3v) is 4.82. The van der Waals surface area contributed by atoms with E-state index in [9.17, 15) is 4.79 Å². The van der Waals surface area contributed by atoms with Crippen LogP contribution in [0.4, 0.5) is 0 Å². The smallest absolute Gasteiger partial charge is 0.227 e. The topological polar surface area (TPSA) is 58.4 Å². The Morgan fingerprint density at radius 1 is 1.44 bits per heavy atom. The van der Waals surface area contributed by atoms with Crippen molar-refractivity contribution in [3.8, 4) is 0 Å². The zero-order valence-corrected chi connectivity index (χ0v) is 11.7. The van der Waals surface area contributed by atoms with Gasteiger partial charge in [0.2, 0.25) is 5.91 Å². The van der Waals surface area contributed by atoms with Crippen LogP contribution in [0.25, 0.3) is 0 Å². The van der Waals surface area contributed by atoms with Gasteiger partial charge in [-0.2, -0.15) is 0 Å². The van der Waals surface area contributed by atoms with Gasteiger partial charge in [0.05, 0.1) is 5.41 Å². The summed E-state index contributed by atoms with van der Waals surface area (Å²) in [6, 6.07) is 0.0338. The Hall–Kier alpha value is -0.610. The first-order chi connectivity index (χ1) is 8.52. The van der Waals surface area contributed by atoms with E-state index in [1.165, 1.54) is 19.4 Å². The van der Waals surface area contributed by atoms with E-state index in [1.54, 1.807) is 0 Å². The molecular weight excluding hydrogens is 226 g/mol. The third-order valence-electron chi connectivity index (χ3n) is 4.82. The number of nitrogens with one attached hydrogen (secondary N) is 1. The summed E-state index contributed by atoms with van der Waals surface area (Å²) < 4.78 is 0. The molecule has 0 aromatic heterocycles. The van der Waals surface area contributed by atoms with Gasteiger partial charge in [0.15, 0.2) is 0 Å². The van der Waals surface area contributed by atoms with E-state index < -0.39 is 0 Å². The number of nitrogens with zero attached hydrogens (tertiary/aromatic N) is 1. The number of hydrogen-bond acceptors (Lipinski definition) is 3. The molecule has 1 amide bonds. The molecule has 0 radical (unpaired) electrons. The Labute approximate surface area is 110 Å². The fraction of sp³-hybridized carbons (Fsp3) is 0.929. The number of piperidine rings is 1. The molecule has 1 heterocycles. The molecule has 1 aliphatic heterocycles. The molecule has 1 saturated heterocycles. The largest absolute Gasteiger partial charge is 0.355 e. The lowest BCUT2D eigenvalue weighted by Gasteiger charge is -2.32. The quantitative estimate of drug-likeness (QED) is 0.788. The van der Waals surface area contributed by atoms with Crippen LogP contribution in [0.3, 0.4) is 0 Å². The molecule has 2 aliphatic rings. The number of nitrogens with two attached hydrogens (primary N) is 1. The average molecular weight is 253 g/mol. The highest BCUT2D eigenvalue weighted by Gasteiger charge is 2.42. The minimum atomic E-state index is -0.333. The standard InChI is InChI=1S/C14H27N3O/c1-14(7-3-6-12(14)15)13(18)16-9-11-5-4-8-17(2)10-11/h11-12H,3-10,15H2,1-2H3,(H,16,18). The zero-order valence-electron chi connectivity index (χ0n) is 11.7. The molecule has 4 heteroatoms. The first-order valence-electron chi connectivity index (χ1n) is 7.25. The van der Waals surface area contributed by atoms with Crippen LogP contribution in [-0.2, 0) is 4.79 Å². The lowest BCUT2D eigenvalue weighted by atomic mass is 9.84. The number of hydrogen-bond donors (Lipinski definition) is 2. The molecule has 0 spiro atoms. The Kier molecular flexibility index (Phi) is 4.28. The summed E-state index contributed by atoms with van der Waals surface area (Å²) in [5.41, 5.74) is 5.74. The van der Waals surface area contributed by atoms with Gasteiger partial charge in [-0.25, -0.2) is 0 Å². The van der Waals surface area contributed by atoms with E-state index in [-0.39, 0.29) is 17.4 Å². The fourth-order valence-electron chi connectivity index (χ4n) is 3.35. The lowest BCUT2D eigenvalue weighted by Crippen LogP contribution is -2.49. The normalized spacial score (nSPS) is 37.7. The van der Waals surface area contributed by atoms with Crippen LogP contribution < -0.4 is 11.1 Å². The molecule has 1 aliphatic carbocycles. The number of carbonyl (C=O) groups is 1. The van der Waals surface area contributed by atoms with E-state index >= 15 is 0 Å². The maximum Gasteiger partial charge on any atom is 0.227 e. The number of likely N-dealkylation sites (tertiary alicyclic amines) is 1. The number of rotatable bonds is 3. The molecular formula is C14H27N3O. The molecule has 2 fully saturated rings. The van der Waals surface area contributed by atoms with Gasteiger partial charge in [-0.15, -0.1) is 0 Å². The minimum absolute atomic E-state index is 0.0338. The molecule has 18 heavy (non-hydrogen) atoms. The summed E-state index contributed by atoms with van der Waals surface area (Å²) >= 11 is 0. The summed E-state index contributed by atoms with van der Waals surface area (Å²) in [5.74, 6) is 0.773. The van der Waals surface area contributed by atoms with Crippen LogP contribution in [0.15, 0.2) is 0 Å². The predicted octanol–water partition coefficient (Wildman–Crippen LogP) is 0.962. The van der Waals surface area contributed by atoms with E-state index in [4.69, 9.17) is 5.73 Å². The second-order valence-corrected chi connectivity index (χ2v) is 6.40. The van der Waals surface area contributed by atoms with Crippen molar-refractivity contribution in [1.29, 1.82) is 0 Å². The van der Waals surface area contributed by atoms with E-state index in [2.05, 4.69) is 17.3 Å². The van der Waals surface area contributed by atoms with Gasteiger partial charge in [0.1, 0.15) is 0 Å². The molecule has 3 N–H and O–H groups in total. The van der Waals surface area contributed by atoms with E-state index in [0.29, 0.717) is 5.92 Å². The van der Waals surface area contributed by atoms with Crippen LogP contribution >= 0.6 is 0 Å². The first kappa shape index (κ1) is 13.8. The molecule has 2 rings (SSSR count). The molecule has 0 aromatic rings. The van der Waals surface area contributed by atoms with Crippen molar-refractivity contribution in [2.75, 3.05) is 26.7 Å². The molecule has 3 atom stereocenters. The maximum absolute atomic E-state index is 12.3. The summed E-state index contributed by atoms with van der Waals surface area (Å²) in [6.45, 7) is 5.12. The second-order valence-electron chi connectivity index (χ2n) is 6.40. The predicted molar refractivity (Wildman–Crippen MR) is 73.2 cm³/mol. The van der Waals surface area contributed by atoms with Crippen molar-refractivity contribution in [3.63, 3.8) is 0 Å². The molecule has 3 unspecified atom stereocenters. The van der Waals surface area contributed by atoms with Crippen molar-refractivity contribution < 1.29 is 4.79 Å². The van der Waals surface area contributed by atoms with Crippen LogP contribution in [-0.4, -0.2) is 43.5 Å². The maximum atomic E-state index is 12.3. The Morgan fingerprint density at radius 3 is 2.83 bits per heavy atom. The van der Waals surface area contributed by atoms with Crippen LogP contribution in [0, 0.1) is 11.3 Å². The van der Waals surface area contributed by atoms with Gasteiger partial charge >= 0.3 is 0 Å². The van der Waals surface area contributed by atoms with E-state index in [1.807, 2.05) is 6.92 Å². The van der Waals surface area contributed by atoms with Crippen LogP contribution in [0.5, 0.6) is 0 Å². The van der Waals surface area contributed by atoms with Gasteiger partial charge in [0.25, 0.3) is 0 Å². The van der Waals surface area contributed by atoms with Crippen molar-refractivity contribution in [1.82, 2.24) is 10.2 Å². The highest BCUT2D eigenvalue weighted by Crippen LogP contribution is 2.36. The fourth-order valence-corrected chi connectivity index (χ4v) is 3.35. The zero-order chi connectivity index (χ0) is 13.2.